The Bertz CT molecular complexity index is 434. The Labute approximate surface area is 126 Å². The van der Waals surface area contributed by atoms with Crippen molar-refractivity contribution in [2.45, 2.75) is 50.8 Å². The van der Waals surface area contributed by atoms with Gasteiger partial charge in [-0.15, -0.1) is 0 Å². The normalized spacial score (nSPS) is 28.6. The molecule has 0 aliphatic carbocycles. The molecule has 2 fully saturated rings. The molecule has 116 valence electrons. The monoisotopic (exact) mass is 291 g/mol. The second kappa shape index (κ2) is 6.67. The highest BCUT2D eigenvalue weighted by Gasteiger charge is 2.39. The number of nitrogens with zero attached hydrogens (tertiary/aromatic N) is 1. The minimum absolute atomic E-state index is 0.0919. The van der Waals surface area contributed by atoms with Crippen LogP contribution in [0.4, 0.5) is 0 Å². The summed E-state index contributed by atoms with van der Waals surface area (Å²) in [5.74, 6) is 1.77. The predicted octanol–water partition coefficient (Wildman–Crippen LogP) is 2.45. The number of aliphatic hydroxyl groups excluding tert-OH is 1. The van der Waals surface area contributed by atoms with Gasteiger partial charge in [0.15, 0.2) is 0 Å². The third-order valence-corrected chi connectivity index (χ3v) is 4.61. The van der Waals surface area contributed by atoms with E-state index in [1.807, 2.05) is 31.2 Å². The minimum atomic E-state index is -0.0919. The lowest BCUT2D eigenvalue weighted by Gasteiger charge is -2.36. The zero-order valence-corrected chi connectivity index (χ0v) is 12.7. The van der Waals surface area contributed by atoms with Crippen molar-refractivity contribution < 1.29 is 14.6 Å². The van der Waals surface area contributed by atoms with Crippen LogP contribution in [-0.2, 0) is 0 Å². The molecule has 1 N–H and O–H groups in total. The van der Waals surface area contributed by atoms with Crippen molar-refractivity contribution in [2.75, 3.05) is 19.8 Å². The molecule has 1 aromatic carbocycles. The van der Waals surface area contributed by atoms with E-state index in [9.17, 15) is 5.11 Å². The van der Waals surface area contributed by atoms with Crippen LogP contribution in [0.1, 0.15) is 32.6 Å². The minimum Gasteiger partial charge on any atom is -0.494 e. The van der Waals surface area contributed by atoms with E-state index >= 15 is 0 Å². The Kier molecular flexibility index (Phi) is 4.66. The first-order valence-corrected chi connectivity index (χ1v) is 8.05. The van der Waals surface area contributed by atoms with Gasteiger partial charge in [-0.25, -0.2) is 0 Å². The maximum Gasteiger partial charge on any atom is 0.119 e. The maximum absolute atomic E-state index is 9.81. The zero-order valence-electron chi connectivity index (χ0n) is 12.7. The molecule has 2 bridgehead atoms. The highest BCUT2D eigenvalue weighted by molar-refractivity contribution is 5.31. The first-order chi connectivity index (χ1) is 10.3. The number of rotatable bonds is 6. The zero-order chi connectivity index (χ0) is 14.7. The molecule has 21 heavy (non-hydrogen) atoms. The van der Waals surface area contributed by atoms with Gasteiger partial charge in [0.25, 0.3) is 0 Å². The third-order valence-electron chi connectivity index (χ3n) is 4.61. The molecule has 2 heterocycles. The molecular weight excluding hydrogens is 266 g/mol. The third kappa shape index (κ3) is 3.50. The van der Waals surface area contributed by atoms with Crippen molar-refractivity contribution in [2.24, 2.45) is 0 Å². The highest BCUT2D eigenvalue weighted by atomic mass is 16.5. The summed E-state index contributed by atoms with van der Waals surface area (Å²) in [5.41, 5.74) is 0. The number of hydrogen-bond acceptors (Lipinski definition) is 4. The lowest BCUT2D eigenvalue weighted by Crippen LogP contribution is -2.46. The van der Waals surface area contributed by atoms with Gasteiger partial charge >= 0.3 is 0 Å². The fraction of sp³-hybridized carbons (Fsp3) is 0.647. The number of benzene rings is 1. The maximum atomic E-state index is 9.81. The van der Waals surface area contributed by atoms with Crippen LogP contribution in [-0.4, -0.2) is 48.0 Å². The fourth-order valence-electron chi connectivity index (χ4n) is 3.68. The molecule has 2 aliphatic rings. The van der Waals surface area contributed by atoms with E-state index in [2.05, 4.69) is 4.90 Å². The Morgan fingerprint density at radius 1 is 1.05 bits per heavy atom. The van der Waals surface area contributed by atoms with Gasteiger partial charge in [-0.05, 0) is 56.9 Å². The van der Waals surface area contributed by atoms with E-state index in [0.29, 0.717) is 25.3 Å². The summed E-state index contributed by atoms with van der Waals surface area (Å²) in [6, 6.07) is 8.92. The molecule has 0 saturated carbocycles. The molecule has 2 aliphatic heterocycles. The lowest BCUT2D eigenvalue weighted by molar-refractivity contribution is 0.0288. The second-order valence-corrected chi connectivity index (χ2v) is 6.00. The van der Waals surface area contributed by atoms with E-state index in [1.165, 1.54) is 12.8 Å². The molecule has 0 aromatic heterocycles. The van der Waals surface area contributed by atoms with E-state index in [4.69, 9.17) is 9.47 Å². The standard InChI is InChI=1S/C17H25NO3/c1-2-20-16-5-7-17(8-6-16)21-10-9-18-13-3-4-14(18)12-15(19)11-13/h5-8,13-15,19H,2-4,9-12H2,1H3. The predicted molar refractivity (Wildman–Crippen MR) is 81.9 cm³/mol. The molecule has 4 nitrogen and oxygen atoms in total. The average molecular weight is 291 g/mol. The lowest BCUT2D eigenvalue weighted by atomic mass is 10.0. The molecule has 0 radical (unpaired) electrons. The molecule has 2 unspecified atom stereocenters. The van der Waals surface area contributed by atoms with Crippen LogP contribution in [0.2, 0.25) is 0 Å². The van der Waals surface area contributed by atoms with Crippen molar-refractivity contribution in [1.29, 1.82) is 0 Å². The molecule has 2 atom stereocenters. The van der Waals surface area contributed by atoms with Crippen LogP contribution < -0.4 is 9.47 Å². The Hall–Kier alpha value is -1.26. The van der Waals surface area contributed by atoms with E-state index < -0.39 is 0 Å². The molecular formula is C17H25NO3. The summed E-state index contributed by atoms with van der Waals surface area (Å²) in [6.07, 6.45) is 4.22. The van der Waals surface area contributed by atoms with Crippen molar-refractivity contribution in [1.82, 2.24) is 4.90 Å². The van der Waals surface area contributed by atoms with Gasteiger partial charge < -0.3 is 14.6 Å². The van der Waals surface area contributed by atoms with Crippen LogP contribution in [0.25, 0.3) is 0 Å². The van der Waals surface area contributed by atoms with E-state index in [0.717, 1.165) is 30.9 Å². The smallest absolute Gasteiger partial charge is 0.119 e. The van der Waals surface area contributed by atoms with Crippen LogP contribution >= 0.6 is 0 Å². The number of ether oxygens (including phenoxy) is 2. The molecule has 3 rings (SSSR count). The number of aliphatic hydroxyl groups is 1. The van der Waals surface area contributed by atoms with Crippen LogP contribution in [0.3, 0.4) is 0 Å². The summed E-state index contributed by atoms with van der Waals surface area (Å²) < 4.78 is 11.3. The number of fused-ring (bicyclic) bond motifs is 2. The molecule has 1 aromatic rings. The van der Waals surface area contributed by atoms with Gasteiger partial charge in [0.1, 0.15) is 18.1 Å². The first kappa shape index (κ1) is 14.7. The van der Waals surface area contributed by atoms with E-state index in [-0.39, 0.29) is 6.10 Å². The van der Waals surface area contributed by atoms with Gasteiger partial charge in [0.05, 0.1) is 12.7 Å². The van der Waals surface area contributed by atoms with Crippen LogP contribution in [0, 0.1) is 0 Å². The largest absolute Gasteiger partial charge is 0.494 e. The number of piperidine rings is 1. The Morgan fingerprint density at radius 2 is 1.62 bits per heavy atom. The first-order valence-electron chi connectivity index (χ1n) is 8.05. The topological polar surface area (TPSA) is 41.9 Å². The summed E-state index contributed by atoms with van der Waals surface area (Å²) in [4.78, 5) is 2.53. The summed E-state index contributed by atoms with van der Waals surface area (Å²) in [7, 11) is 0. The average Bonchev–Trinajstić information content (AvgIpc) is 2.72. The molecule has 2 saturated heterocycles. The fourth-order valence-corrected chi connectivity index (χ4v) is 3.68. The van der Waals surface area contributed by atoms with Gasteiger partial charge in [0.2, 0.25) is 0 Å². The van der Waals surface area contributed by atoms with E-state index in [1.54, 1.807) is 0 Å². The molecule has 4 heteroatoms. The van der Waals surface area contributed by atoms with Gasteiger partial charge in [-0.2, -0.15) is 0 Å². The molecule has 0 amide bonds. The number of hydrogen-bond donors (Lipinski definition) is 1. The highest BCUT2D eigenvalue weighted by Crippen LogP contribution is 2.35. The van der Waals surface area contributed by atoms with Gasteiger partial charge in [-0.1, -0.05) is 0 Å². The SMILES string of the molecule is CCOc1ccc(OCCN2C3CCC2CC(O)C3)cc1. The van der Waals surface area contributed by atoms with Gasteiger partial charge in [0, 0.05) is 18.6 Å². The quantitative estimate of drug-likeness (QED) is 0.874. The van der Waals surface area contributed by atoms with Crippen molar-refractivity contribution >= 4 is 0 Å². The van der Waals surface area contributed by atoms with Crippen LogP contribution in [0.15, 0.2) is 24.3 Å². The van der Waals surface area contributed by atoms with Gasteiger partial charge in [-0.3, -0.25) is 4.90 Å². The van der Waals surface area contributed by atoms with Crippen LogP contribution in [0.5, 0.6) is 11.5 Å². The van der Waals surface area contributed by atoms with Crippen molar-refractivity contribution in [3.63, 3.8) is 0 Å². The second-order valence-electron chi connectivity index (χ2n) is 6.00. The summed E-state index contributed by atoms with van der Waals surface area (Å²) in [6.45, 7) is 4.32. The Morgan fingerprint density at radius 3 is 2.19 bits per heavy atom. The summed E-state index contributed by atoms with van der Waals surface area (Å²) >= 11 is 0. The molecule has 0 spiro atoms. The Balaban J connectivity index is 1.46. The van der Waals surface area contributed by atoms with Crippen molar-refractivity contribution in [3.05, 3.63) is 24.3 Å². The van der Waals surface area contributed by atoms with Crippen molar-refractivity contribution in [3.8, 4) is 11.5 Å². The summed E-state index contributed by atoms with van der Waals surface area (Å²) in [5, 5.41) is 9.81.